The van der Waals surface area contributed by atoms with Gasteiger partial charge in [0.2, 0.25) is 0 Å². The zero-order valence-electron chi connectivity index (χ0n) is 14.2. The normalized spacial score (nSPS) is 14.6. The maximum atomic E-state index is 12.2. The van der Waals surface area contributed by atoms with Gasteiger partial charge in [0.1, 0.15) is 0 Å². The van der Waals surface area contributed by atoms with Crippen LogP contribution in [0.2, 0.25) is 0 Å². The van der Waals surface area contributed by atoms with E-state index in [2.05, 4.69) is 32.6 Å². The molecule has 0 bridgehead atoms. The summed E-state index contributed by atoms with van der Waals surface area (Å²) in [5.41, 5.74) is 2.23. The smallest absolute Gasteiger partial charge is 0.299 e. The Labute approximate surface area is 133 Å². The van der Waals surface area contributed by atoms with Gasteiger partial charge in [-0.2, -0.15) is 0 Å². The Hall–Kier alpha value is -1.68. The third-order valence-electron chi connectivity index (χ3n) is 4.33. The predicted molar refractivity (Wildman–Crippen MR) is 89.5 cm³/mol. The minimum Gasteiger partial charge on any atom is -0.305 e. The average Bonchev–Trinajstić information content (AvgIpc) is 2.68. The average molecular weight is 302 g/mol. The number of benzene rings is 1. The van der Waals surface area contributed by atoms with Crippen LogP contribution in [0.3, 0.4) is 0 Å². The molecule has 0 aromatic heterocycles. The lowest BCUT2D eigenvalue weighted by atomic mass is 10.1. The van der Waals surface area contributed by atoms with Crippen molar-refractivity contribution in [3.63, 3.8) is 0 Å². The Bertz CT molecular complexity index is 570. The van der Waals surface area contributed by atoms with Crippen LogP contribution in [0.15, 0.2) is 18.2 Å². The summed E-state index contributed by atoms with van der Waals surface area (Å²) < 4.78 is 0. The number of hydrogen-bond acceptors (Lipinski definition) is 3. The lowest BCUT2D eigenvalue weighted by Crippen LogP contribution is -2.39. The fourth-order valence-electron chi connectivity index (χ4n) is 3.26. The van der Waals surface area contributed by atoms with E-state index in [0.29, 0.717) is 24.2 Å². The van der Waals surface area contributed by atoms with Crippen LogP contribution in [-0.2, 0) is 4.79 Å². The number of fused-ring (bicyclic) bond motifs is 1. The zero-order chi connectivity index (χ0) is 16.4. The standard InChI is InChI=1S/C18H26N2O2/c1-12(2)19(13(3)4)10-7-11-20-15-9-6-8-14(5)16(15)17(21)18(20)22/h6,8-9,12-13H,7,10-11H2,1-5H3. The molecule has 4 nitrogen and oxygen atoms in total. The minimum absolute atomic E-state index is 0.363. The van der Waals surface area contributed by atoms with Crippen molar-refractivity contribution in [2.45, 2.75) is 53.1 Å². The van der Waals surface area contributed by atoms with Gasteiger partial charge in [-0.05, 0) is 52.7 Å². The number of nitrogens with zero attached hydrogens (tertiary/aromatic N) is 2. The first kappa shape index (κ1) is 16.7. The number of ketones is 1. The molecule has 1 heterocycles. The molecule has 1 aliphatic rings. The lowest BCUT2D eigenvalue weighted by Gasteiger charge is -2.31. The molecule has 0 fully saturated rings. The molecular weight excluding hydrogens is 276 g/mol. The molecule has 1 aliphatic heterocycles. The van der Waals surface area contributed by atoms with E-state index in [0.717, 1.165) is 24.2 Å². The van der Waals surface area contributed by atoms with Crippen LogP contribution in [0.25, 0.3) is 0 Å². The molecule has 1 amide bonds. The van der Waals surface area contributed by atoms with Gasteiger partial charge in [-0.25, -0.2) is 0 Å². The Morgan fingerprint density at radius 3 is 2.32 bits per heavy atom. The van der Waals surface area contributed by atoms with Gasteiger partial charge in [-0.1, -0.05) is 12.1 Å². The molecule has 2 rings (SSSR count). The molecule has 0 N–H and O–H groups in total. The SMILES string of the molecule is Cc1cccc2c1C(=O)C(=O)N2CCCN(C(C)C)C(C)C. The maximum Gasteiger partial charge on any atom is 0.299 e. The first-order chi connectivity index (χ1) is 10.3. The molecular formula is C18H26N2O2. The van der Waals surface area contributed by atoms with Crippen molar-refractivity contribution in [2.75, 3.05) is 18.0 Å². The van der Waals surface area contributed by atoms with Crippen molar-refractivity contribution >= 4 is 17.4 Å². The summed E-state index contributed by atoms with van der Waals surface area (Å²) in [6.07, 6.45) is 0.864. The van der Waals surface area contributed by atoms with Crippen molar-refractivity contribution in [3.8, 4) is 0 Å². The number of amides is 1. The molecule has 22 heavy (non-hydrogen) atoms. The molecule has 1 aromatic rings. The van der Waals surface area contributed by atoms with Crippen molar-refractivity contribution < 1.29 is 9.59 Å². The number of carbonyl (C=O) groups excluding carboxylic acids is 2. The van der Waals surface area contributed by atoms with Crippen LogP contribution < -0.4 is 4.90 Å². The lowest BCUT2D eigenvalue weighted by molar-refractivity contribution is -0.114. The second kappa shape index (κ2) is 6.61. The van der Waals surface area contributed by atoms with Crippen LogP contribution in [0.4, 0.5) is 5.69 Å². The molecule has 0 aliphatic carbocycles. The molecule has 0 atom stereocenters. The third-order valence-corrected chi connectivity index (χ3v) is 4.33. The quantitative estimate of drug-likeness (QED) is 0.758. The molecule has 0 saturated carbocycles. The van der Waals surface area contributed by atoms with Crippen LogP contribution >= 0.6 is 0 Å². The highest BCUT2D eigenvalue weighted by atomic mass is 16.2. The summed E-state index contributed by atoms with van der Waals surface area (Å²) in [6.45, 7) is 12.1. The van der Waals surface area contributed by atoms with Gasteiger partial charge < -0.3 is 4.90 Å². The first-order valence-corrected chi connectivity index (χ1v) is 8.06. The highest BCUT2D eigenvalue weighted by Gasteiger charge is 2.36. The first-order valence-electron chi connectivity index (χ1n) is 8.06. The number of Topliss-reactive ketones (excluding diaryl/α,β-unsaturated/α-hetero) is 1. The van der Waals surface area contributed by atoms with E-state index in [9.17, 15) is 9.59 Å². The monoisotopic (exact) mass is 302 g/mol. The number of carbonyl (C=O) groups is 2. The topological polar surface area (TPSA) is 40.6 Å². The highest BCUT2D eigenvalue weighted by Crippen LogP contribution is 2.31. The summed E-state index contributed by atoms with van der Waals surface area (Å²) in [5, 5.41) is 0. The fourth-order valence-corrected chi connectivity index (χ4v) is 3.26. The zero-order valence-corrected chi connectivity index (χ0v) is 14.2. The Balaban J connectivity index is 2.07. The molecule has 1 aromatic carbocycles. The third kappa shape index (κ3) is 3.07. The number of rotatable bonds is 6. The van der Waals surface area contributed by atoms with Gasteiger partial charge in [0, 0.05) is 25.2 Å². The van der Waals surface area contributed by atoms with Gasteiger partial charge in [0.05, 0.1) is 11.3 Å². The van der Waals surface area contributed by atoms with Crippen LogP contribution in [-0.4, -0.2) is 41.8 Å². The minimum atomic E-state index is -0.384. The summed E-state index contributed by atoms with van der Waals surface area (Å²) in [4.78, 5) is 28.4. The number of hydrogen-bond donors (Lipinski definition) is 0. The maximum absolute atomic E-state index is 12.2. The molecule has 0 radical (unpaired) electrons. The predicted octanol–water partition coefficient (Wildman–Crippen LogP) is 3.03. The van der Waals surface area contributed by atoms with E-state index in [-0.39, 0.29) is 11.7 Å². The molecule has 0 unspecified atom stereocenters. The molecule has 0 saturated heterocycles. The molecule has 0 spiro atoms. The van der Waals surface area contributed by atoms with Crippen molar-refractivity contribution in [1.29, 1.82) is 0 Å². The van der Waals surface area contributed by atoms with E-state index >= 15 is 0 Å². The fraction of sp³-hybridized carbons (Fsp3) is 0.556. The van der Waals surface area contributed by atoms with Crippen LogP contribution in [0.1, 0.15) is 50.0 Å². The second-order valence-electron chi connectivity index (χ2n) is 6.53. The summed E-state index contributed by atoms with van der Waals surface area (Å²) in [7, 11) is 0. The van der Waals surface area contributed by atoms with Gasteiger partial charge in [0.25, 0.3) is 11.7 Å². The highest BCUT2D eigenvalue weighted by molar-refractivity contribution is 6.52. The van der Waals surface area contributed by atoms with Gasteiger partial charge >= 0.3 is 0 Å². The second-order valence-corrected chi connectivity index (χ2v) is 6.53. The van der Waals surface area contributed by atoms with Crippen LogP contribution in [0, 0.1) is 6.92 Å². The van der Waals surface area contributed by atoms with E-state index in [1.807, 2.05) is 25.1 Å². The largest absolute Gasteiger partial charge is 0.305 e. The van der Waals surface area contributed by atoms with Crippen molar-refractivity contribution in [3.05, 3.63) is 29.3 Å². The Morgan fingerprint density at radius 2 is 1.73 bits per heavy atom. The van der Waals surface area contributed by atoms with E-state index in [1.54, 1.807) is 4.90 Å². The van der Waals surface area contributed by atoms with E-state index in [4.69, 9.17) is 0 Å². The van der Waals surface area contributed by atoms with E-state index in [1.165, 1.54) is 0 Å². The van der Waals surface area contributed by atoms with E-state index < -0.39 is 0 Å². The summed E-state index contributed by atoms with van der Waals surface area (Å²) >= 11 is 0. The summed E-state index contributed by atoms with van der Waals surface area (Å²) in [5.74, 6) is -0.748. The molecule has 120 valence electrons. The Kier molecular flexibility index (Phi) is 5.01. The van der Waals surface area contributed by atoms with Gasteiger partial charge in [0.15, 0.2) is 0 Å². The van der Waals surface area contributed by atoms with Gasteiger partial charge in [-0.3, -0.25) is 14.5 Å². The van der Waals surface area contributed by atoms with Crippen molar-refractivity contribution in [2.24, 2.45) is 0 Å². The van der Waals surface area contributed by atoms with Crippen LogP contribution in [0.5, 0.6) is 0 Å². The molecule has 4 heteroatoms. The van der Waals surface area contributed by atoms with Gasteiger partial charge in [-0.15, -0.1) is 0 Å². The summed E-state index contributed by atoms with van der Waals surface area (Å²) in [6, 6.07) is 6.61. The number of aryl methyl sites for hydroxylation is 1. The van der Waals surface area contributed by atoms with Crippen molar-refractivity contribution in [1.82, 2.24) is 4.90 Å². The Morgan fingerprint density at radius 1 is 1.09 bits per heavy atom. The number of anilines is 1.